The molecular weight excluding hydrogens is 382 g/mol. The Morgan fingerprint density at radius 2 is 1.76 bits per heavy atom. The molecule has 3 aliphatic rings. The van der Waals surface area contributed by atoms with Gasteiger partial charge in [0.25, 0.3) is 11.8 Å². The molecule has 0 spiro atoms. The highest BCUT2D eigenvalue weighted by Crippen LogP contribution is 2.57. The van der Waals surface area contributed by atoms with Crippen LogP contribution in [-0.2, 0) is 15.0 Å². The molecule has 5 rings (SSSR count). The number of amidine groups is 1. The summed E-state index contributed by atoms with van der Waals surface area (Å²) in [5.74, 6) is -0.524. The monoisotopic (exact) mass is 403 g/mol. The van der Waals surface area contributed by atoms with Gasteiger partial charge in [0, 0.05) is 16.5 Å². The van der Waals surface area contributed by atoms with E-state index in [4.69, 9.17) is 5.41 Å². The number of nitrogens with one attached hydrogen (secondary N) is 2. The molecule has 146 valence electrons. The highest BCUT2D eigenvalue weighted by atomic mass is 32.2. The van der Waals surface area contributed by atoms with Gasteiger partial charge in [0.15, 0.2) is 5.17 Å². The maximum absolute atomic E-state index is 13.6. The summed E-state index contributed by atoms with van der Waals surface area (Å²) in [6.45, 7) is 6.41. The predicted octanol–water partition coefficient (Wildman–Crippen LogP) is 4.03. The summed E-state index contributed by atoms with van der Waals surface area (Å²) in [6.07, 6.45) is 0.768. The third-order valence-electron chi connectivity index (χ3n) is 6.21. The summed E-state index contributed by atoms with van der Waals surface area (Å²) < 4.78 is 0. The van der Waals surface area contributed by atoms with Crippen LogP contribution >= 0.6 is 11.8 Å². The lowest BCUT2D eigenvalue weighted by Gasteiger charge is -2.49. The Hall–Kier alpha value is -2.86. The molecule has 0 radical (unpaired) electrons. The zero-order chi connectivity index (χ0) is 20.6. The van der Waals surface area contributed by atoms with Crippen molar-refractivity contribution >= 4 is 40.0 Å². The van der Waals surface area contributed by atoms with E-state index in [0.29, 0.717) is 10.5 Å². The van der Waals surface area contributed by atoms with Gasteiger partial charge in [-0.15, -0.1) is 0 Å². The van der Waals surface area contributed by atoms with Crippen LogP contribution in [0.5, 0.6) is 0 Å². The van der Waals surface area contributed by atoms with Crippen LogP contribution in [0.3, 0.4) is 0 Å². The van der Waals surface area contributed by atoms with Crippen LogP contribution in [0, 0.1) is 5.41 Å². The van der Waals surface area contributed by atoms with Gasteiger partial charge in [-0.05, 0) is 43.2 Å². The first-order valence-corrected chi connectivity index (χ1v) is 10.4. The van der Waals surface area contributed by atoms with Crippen molar-refractivity contribution in [1.82, 2.24) is 5.32 Å². The number of hydrogen-bond donors (Lipinski definition) is 2. The normalized spacial score (nSPS) is 27.3. The van der Waals surface area contributed by atoms with Gasteiger partial charge in [-0.3, -0.25) is 15.0 Å². The molecule has 2 aromatic carbocycles. The quantitative estimate of drug-likeness (QED) is 0.706. The molecule has 1 fully saturated rings. The molecule has 3 heterocycles. The third-order valence-corrected chi connectivity index (χ3v) is 7.11. The zero-order valence-corrected chi connectivity index (χ0v) is 17.3. The standard InChI is InChI=1S/C23H21N3O2S/c1-22(2)12-23(3,13-8-5-4-6-9-13)15-11-7-10-14-16(20(28)26(22)17(14)15)18-19(27)25-21(24)29-18/h4-11H,12H2,1-3H3,(H2,24,25,27). The summed E-state index contributed by atoms with van der Waals surface area (Å²) in [5, 5.41) is 10.4. The van der Waals surface area contributed by atoms with Crippen molar-refractivity contribution in [2.75, 3.05) is 4.90 Å². The molecule has 5 nitrogen and oxygen atoms in total. The summed E-state index contributed by atoms with van der Waals surface area (Å²) >= 11 is 1.03. The molecule has 0 saturated carbocycles. The van der Waals surface area contributed by atoms with Crippen LogP contribution in [0.4, 0.5) is 5.69 Å². The average Bonchev–Trinajstić information content (AvgIpc) is 3.16. The van der Waals surface area contributed by atoms with E-state index in [2.05, 4.69) is 44.3 Å². The van der Waals surface area contributed by atoms with Gasteiger partial charge in [-0.2, -0.15) is 0 Å². The number of hydrogen-bond acceptors (Lipinski definition) is 4. The van der Waals surface area contributed by atoms with E-state index in [0.717, 1.165) is 35.0 Å². The molecule has 3 aliphatic heterocycles. The van der Waals surface area contributed by atoms with Crippen molar-refractivity contribution in [3.8, 4) is 0 Å². The Bertz CT molecular complexity index is 1140. The molecule has 2 amide bonds. The van der Waals surface area contributed by atoms with Crippen LogP contribution in [-0.4, -0.2) is 22.5 Å². The maximum Gasteiger partial charge on any atom is 0.264 e. The van der Waals surface area contributed by atoms with Crippen molar-refractivity contribution in [2.24, 2.45) is 0 Å². The van der Waals surface area contributed by atoms with E-state index in [1.807, 2.05) is 35.2 Å². The molecular formula is C23H21N3O2S. The van der Waals surface area contributed by atoms with Gasteiger partial charge >= 0.3 is 0 Å². The Morgan fingerprint density at radius 3 is 2.41 bits per heavy atom. The fourth-order valence-electron chi connectivity index (χ4n) is 5.16. The van der Waals surface area contributed by atoms with Crippen LogP contribution in [0.25, 0.3) is 5.57 Å². The minimum atomic E-state index is -0.430. The van der Waals surface area contributed by atoms with Gasteiger partial charge < -0.3 is 10.2 Å². The summed E-state index contributed by atoms with van der Waals surface area (Å²) in [5.41, 5.74) is 3.72. The van der Waals surface area contributed by atoms with Crippen LogP contribution in [0.15, 0.2) is 53.4 Å². The number of rotatable bonds is 1. The Morgan fingerprint density at radius 1 is 1.03 bits per heavy atom. The third kappa shape index (κ3) is 2.38. The van der Waals surface area contributed by atoms with Crippen molar-refractivity contribution in [3.63, 3.8) is 0 Å². The Balaban J connectivity index is 1.82. The van der Waals surface area contributed by atoms with Crippen LogP contribution in [0.2, 0.25) is 0 Å². The van der Waals surface area contributed by atoms with E-state index < -0.39 is 5.54 Å². The SMILES string of the molecule is CC1(c2ccccc2)CC(C)(C)N2C(=O)C(=C3SC(=N)NC3=O)c3cccc1c32. The lowest BCUT2D eigenvalue weighted by atomic mass is 9.65. The molecule has 1 atom stereocenters. The smallest absolute Gasteiger partial charge is 0.264 e. The van der Waals surface area contributed by atoms with Crippen molar-refractivity contribution in [2.45, 2.75) is 38.1 Å². The molecule has 0 aromatic heterocycles. The van der Waals surface area contributed by atoms with E-state index in [-0.39, 0.29) is 22.4 Å². The van der Waals surface area contributed by atoms with Gasteiger partial charge in [-0.1, -0.05) is 55.5 Å². The van der Waals surface area contributed by atoms with Crippen LogP contribution in [0.1, 0.15) is 43.9 Å². The number of carbonyl (C=O) groups is 2. The molecule has 0 bridgehead atoms. The first kappa shape index (κ1) is 18.2. The molecule has 0 aliphatic carbocycles. The number of nitrogens with zero attached hydrogens (tertiary/aromatic N) is 1. The van der Waals surface area contributed by atoms with E-state index in [9.17, 15) is 9.59 Å². The fourth-order valence-corrected chi connectivity index (χ4v) is 5.95. The number of para-hydroxylation sites is 1. The van der Waals surface area contributed by atoms with Gasteiger partial charge in [0.2, 0.25) is 0 Å². The second kappa shape index (κ2) is 5.83. The molecule has 2 N–H and O–H groups in total. The molecule has 2 aromatic rings. The fraction of sp³-hybridized carbons (Fsp3) is 0.261. The topological polar surface area (TPSA) is 73.3 Å². The van der Waals surface area contributed by atoms with E-state index >= 15 is 0 Å². The zero-order valence-electron chi connectivity index (χ0n) is 16.5. The number of anilines is 1. The number of benzene rings is 2. The van der Waals surface area contributed by atoms with Crippen molar-refractivity contribution < 1.29 is 9.59 Å². The van der Waals surface area contributed by atoms with Crippen molar-refractivity contribution in [3.05, 3.63) is 70.1 Å². The molecule has 1 unspecified atom stereocenters. The highest BCUT2D eigenvalue weighted by Gasteiger charge is 2.53. The lowest BCUT2D eigenvalue weighted by Crippen LogP contribution is -2.54. The van der Waals surface area contributed by atoms with Crippen LogP contribution < -0.4 is 10.2 Å². The van der Waals surface area contributed by atoms with Gasteiger partial charge in [0.05, 0.1) is 16.2 Å². The second-order valence-corrected chi connectivity index (χ2v) is 9.64. The largest absolute Gasteiger partial charge is 0.302 e. The summed E-state index contributed by atoms with van der Waals surface area (Å²) in [7, 11) is 0. The van der Waals surface area contributed by atoms with Gasteiger partial charge in [0.1, 0.15) is 0 Å². The first-order valence-electron chi connectivity index (χ1n) is 9.60. The van der Waals surface area contributed by atoms with Crippen molar-refractivity contribution in [1.29, 1.82) is 5.41 Å². The number of thioether (sulfide) groups is 1. The molecule has 29 heavy (non-hydrogen) atoms. The lowest BCUT2D eigenvalue weighted by molar-refractivity contribution is -0.116. The molecule has 6 heteroatoms. The van der Waals surface area contributed by atoms with E-state index in [1.54, 1.807) is 0 Å². The first-order chi connectivity index (χ1) is 13.7. The summed E-state index contributed by atoms with van der Waals surface area (Å²) in [6, 6.07) is 16.4. The average molecular weight is 404 g/mol. The minimum absolute atomic E-state index is 0.0599. The predicted molar refractivity (Wildman–Crippen MR) is 116 cm³/mol. The molecule has 1 saturated heterocycles. The minimum Gasteiger partial charge on any atom is -0.302 e. The number of carbonyl (C=O) groups excluding carboxylic acids is 2. The Kier molecular flexibility index (Phi) is 3.65. The Labute approximate surface area is 173 Å². The number of amides is 2. The summed E-state index contributed by atoms with van der Waals surface area (Å²) in [4.78, 5) is 28.2. The van der Waals surface area contributed by atoms with Gasteiger partial charge in [-0.25, -0.2) is 0 Å². The van der Waals surface area contributed by atoms with E-state index in [1.165, 1.54) is 5.56 Å². The maximum atomic E-state index is 13.6. The second-order valence-electron chi connectivity index (χ2n) is 8.62. The highest BCUT2D eigenvalue weighted by molar-refractivity contribution is 8.18.